The van der Waals surface area contributed by atoms with Gasteiger partial charge in [0.05, 0.1) is 25.9 Å². The lowest BCUT2D eigenvalue weighted by Crippen LogP contribution is -2.45. The summed E-state index contributed by atoms with van der Waals surface area (Å²) in [6.07, 6.45) is -2.24. The molecule has 0 amide bonds. The molecule has 4 aromatic heterocycles. The Balaban J connectivity index is 1.24. The number of hydrogen-bond acceptors (Lipinski definition) is 16. The highest BCUT2D eigenvalue weighted by Gasteiger charge is 2.56. The summed E-state index contributed by atoms with van der Waals surface area (Å²) in [5, 5.41) is 31.4. The van der Waals surface area contributed by atoms with E-state index in [0.717, 1.165) is 10.9 Å². The fraction of sp³-hybridized carbons (Fsp3) is 0.455. The Morgan fingerprint density at radius 2 is 1.89 bits per heavy atom. The van der Waals surface area contributed by atoms with Gasteiger partial charge in [-0.3, -0.25) is 23.4 Å². The van der Waals surface area contributed by atoms with Crippen molar-refractivity contribution in [1.29, 1.82) is 0 Å². The number of anilines is 2. The van der Waals surface area contributed by atoms with Crippen molar-refractivity contribution < 1.29 is 43.1 Å². The summed E-state index contributed by atoms with van der Waals surface area (Å²) in [5.41, 5.74) is 8.81. The van der Waals surface area contributed by atoms with Gasteiger partial charge in [0.2, 0.25) is 5.95 Å². The van der Waals surface area contributed by atoms with E-state index in [-0.39, 0.29) is 34.1 Å². The van der Waals surface area contributed by atoms with Gasteiger partial charge in [0.15, 0.2) is 46.9 Å². The van der Waals surface area contributed by atoms with Crippen LogP contribution in [0.4, 0.5) is 16.2 Å². The first-order valence-electron chi connectivity index (χ1n) is 12.6. The Morgan fingerprint density at radius 3 is 2.59 bits per heavy atom. The first-order chi connectivity index (χ1) is 20.9. The van der Waals surface area contributed by atoms with Gasteiger partial charge in [-0.1, -0.05) is 5.92 Å². The molecule has 22 heteroatoms. The molecule has 2 unspecified atom stereocenters. The third-order valence-electron chi connectivity index (χ3n) is 7.20. The van der Waals surface area contributed by atoms with Crippen LogP contribution >= 0.6 is 6.72 Å². The molecule has 0 radical (unpaired) electrons. The predicted octanol–water partition coefficient (Wildman–Crippen LogP) is -2.41. The third-order valence-corrected chi connectivity index (χ3v) is 8.74. The summed E-state index contributed by atoms with van der Waals surface area (Å²) in [4.78, 5) is 45.4. The summed E-state index contributed by atoms with van der Waals surface area (Å²) in [6.45, 7) is -6.06. The van der Waals surface area contributed by atoms with E-state index in [2.05, 4.69) is 35.8 Å². The molecule has 2 saturated heterocycles. The van der Waals surface area contributed by atoms with Crippen LogP contribution in [0.15, 0.2) is 23.8 Å². The number of nitrogens with zero attached hydrogens (tertiary/aromatic N) is 7. The minimum atomic E-state index is -4.45. The maximum Gasteiger partial charge on any atom is 0.325 e. The second-order valence-corrected chi connectivity index (χ2v) is 12.6. The fourth-order valence-corrected chi connectivity index (χ4v) is 6.41. The standard InChI is InChI=1S/C22H24FN10O9PS/c1-2-22(14(36)12(35)19(41-22)32-6-28-10-15(24)26-5-27-16(10)32)4-39-43(38,44)42-13-9(23)8(3-34)40-20(13)33-7-29-11-17(33)30-21(25)31-18(11)37/h1,5-9,12-14,19-20,34-36H,3-4H2,(H,38,44)(H2,24,26,27)(H3,25,30,31,37)/t8-,9+,12-,13?,14+,19-,20-,22-,43?/m1/s1. The van der Waals surface area contributed by atoms with Crippen LogP contribution in [0.5, 0.6) is 0 Å². The molecule has 9 atom stereocenters. The number of terminal acetylenes is 1. The van der Waals surface area contributed by atoms with Crippen LogP contribution < -0.4 is 17.0 Å². The molecular weight excluding hydrogens is 630 g/mol. The number of fused-ring (bicyclic) bond motifs is 2. The number of hydrogen-bond donors (Lipinski definition) is 7. The van der Waals surface area contributed by atoms with Gasteiger partial charge < -0.3 is 45.7 Å². The van der Waals surface area contributed by atoms with E-state index < -0.39 is 74.1 Å². The Kier molecular flexibility index (Phi) is 7.61. The second-order valence-electron chi connectivity index (χ2n) is 9.84. The van der Waals surface area contributed by atoms with Gasteiger partial charge in [0, 0.05) is 0 Å². The minimum absolute atomic E-state index is 0.0602. The van der Waals surface area contributed by atoms with Crippen molar-refractivity contribution >= 4 is 52.6 Å². The lowest BCUT2D eigenvalue weighted by atomic mass is 9.97. The number of H-pyrrole nitrogens is 1. The number of aliphatic hydroxyl groups excluding tert-OH is 3. The molecule has 44 heavy (non-hydrogen) atoms. The quantitative estimate of drug-likeness (QED) is 0.0770. The number of halogens is 1. The van der Waals surface area contributed by atoms with E-state index in [9.17, 15) is 25.0 Å². The van der Waals surface area contributed by atoms with Crippen molar-refractivity contribution in [2.24, 2.45) is 0 Å². The number of aromatic amines is 1. The molecule has 19 nitrogen and oxygen atoms in total. The smallest absolute Gasteiger partial charge is 0.325 e. The molecule has 9 N–H and O–H groups in total. The van der Waals surface area contributed by atoms with E-state index in [0.29, 0.717) is 0 Å². The highest BCUT2D eigenvalue weighted by molar-refractivity contribution is 8.07. The molecule has 6 heterocycles. The van der Waals surface area contributed by atoms with Crippen LogP contribution in [-0.4, -0.2) is 109 Å². The molecule has 6 rings (SSSR count). The molecule has 4 aromatic rings. The average Bonchev–Trinajstić information content (AvgIpc) is 3.73. The Morgan fingerprint density at radius 1 is 1.18 bits per heavy atom. The van der Waals surface area contributed by atoms with E-state index in [4.69, 9.17) is 48.2 Å². The molecule has 0 aliphatic carbocycles. The Labute approximate surface area is 249 Å². The van der Waals surface area contributed by atoms with Crippen molar-refractivity contribution in [2.45, 2.75) is 48.6 Å². The first kappa shape index (κ1) is 30.4. The van der Waals surface area contributed by atoms with Crippen molar-refractivity contribution in [1.82, 2.24) is 39.0 Å². The number of rotatable bonds is 8. The number of nitrogens with two attached hydrogens (primary N) is 2. The van der Waals surface area contributed by atoms with Crippen molar-refractivity contribution in [3.63, 3.8) is 0 Å². The topological polar surface area (TPSA) is 277 Å². The number of ether oxygens (including phenoxy) is 2. The van der Waals surface area contributed by atoms with Gasteiger partial charge in [0.25, 0.3) is 5.56 Å². The Hall–Kier alpha value is -3.68. The molecule has 0 saturated carbocycles. The van der Waals surface area contributed by atoms with E-state index in [1.165, 1.54) is 17.2 Å². The first-order valence-corrected chi connectivity index (χ1v) is 15.2. The summed E-state index contributed by atoms with van der Waals surface area (Å²) in [6, 6.07) is 0. The SMILES string of the molecule is C#C[C@]1(COP(O)(=S)OC2[C@@H](F)[C@@H](CO)O[C@H]2n2cnc3c(=O)[nH]c(N)nc32)O[C@@H](n2cnc3c(N)ncnc32)[C@H](O)[C@@H]1O. The number of aliphatic hydroxyl groups is 3. The predicted molar refractivity (Wildman–Crippen MR) is 149 cm³/mol. The molecule has 0 aromatic carbocycles. The zero-order chi connectivity index (χ0) is 31.6. The van der Waals surface area contributed by atoms with Crippen LogP contribution in [0, 0.1) is 12.3 Å². The maximum atomic E-state index is 15.4. The number of nitrogens with one attached hydrogen (secondary N) is 1. The van der Waals surface area contributed by atoms with Crippen molar-refractivity contribution in [3.8, 4) is 12.3 Å². The number of aromatic nitrogens is 8. The van der Waals surface area contributed by atoms with Gasteiger partial charge in [-0.05, 0) is 11.8 Å². The number of alkyl halides is 1. The minimum Gasteiger partial charge on any atom is -0.394 e. The maximum absolute atomic E-state index is 15.4. The highest BCUT2D eigenvalue weighted by Crippen LogP contribution is 2.52. The summed E-state index contributed by atoms with van der Waals surface area (Å²) in [7, 11) is 0. The fourth-order valence-electron chi connectivity index (χ4n) is 5.01. The van der Waals surface area contributed by atoms with Gasteiger partial charge in [-0.2, -0.15) is 4.98 Å². The molecule has 234 valence electrons. The molecule has 0 bridgehead atoms. The monoisotopic (exact) mass is 654 g/mol. The van der Waals surface area contributed by atoms with Crippen LogP contribution in [0.1, 0.15) is 12.5 Å². The summed E-state index contributed by atoms with van der Waals surface area (Å²) < 4.78 is 40.2. The molecule has 0 spiro atoms. The molecule has 2 aliphatic heterocycles. The van der Waals surface area contributed by atoms with Crippen molar-refractivity contribution in [3.05, 3.63) is 29.3 Å². The van der Waals surface area contributed by atoms with Crippen molar-refractivity contribution in [2.75, 3.05) is 24.7 Å². The molecule has 2 aliphatic rings. The molecule has 2 fully saturated rings. The zero-order valence-electron chi connectivity index (χ0n) is 22.1. The lowest BCUT2D eigenvalue weighted by molar-refractivity contribution is -0.0908. The summed E-state index contributed by atoms with van der Waals surface area (Å²) >= 11 is 5.12. The number of imidazole rings is 2. The van der Waals surface area contributed by atoms with Gasteiger partial charge in [-0.25, -0.2) is 24.3 Å². The summed E-state index contributed by atoms with van der Waals surface area (Å²) in [5.74, 6) is 2.02. The lowest BCUT2D eigenvalue weighted by Gasteiger charge is -2.30. The highest BCUT2D eigenvalue weighted by atomic mass is 32.5. The van der Waals surface area contributed by atoms with E-state index in [1.54, 1.807) is 0 Å². The van der Waals surface area contributed by atoms with E-state index in [1.807, 2.05) is 0 Å². The van der Waals surface area contributed by atoms with E-state index >= 15 is 4.39 Å². The Bertz CT molecular complexity index is 1880. The van der Waals surface area contributed by atoms with Crippen LogP contribution in [0.25, 0.3) is 22.3 Å². The normalized spacial score (nSPS) is 31.9. The second kappa shape index (κ2) is 11.0. The van der Waals surface area contributed by atoms with Gasteiger partial charge in [-0.15, -0.1) is 6.42 Å². The third kappa shape index (κ3) is 4.90. The van der Waals surface area contributed by atoms with Gasteiger partial charge >= 0.3 is 6.72 Å². The largest absolute Gasteiger partial charge is 0.394 e. The van der Waals surface area contributed by atoms with Crippen LogP contribution in [0.2, 0.25) is 0 Å². The number of nitrogen functional groups attached to an aromatic ring is 2. The average molecular weight is 655 g/mol. The zero-order valence-corrected chi connectivity index (χ0v) is 23.8. The van der Waals surface area contributed by atoms with Crippen LogP contribution in [0.3, 0.4) is 0 Å². The van der Waals surface area contributed by atoms with Crippen LogP contribution in [-0.2, 0) is 30.3 Å². The van der Waals surface area contributed by atoms with Gasteiger partial charge in [0.1, 0.15) is 36.3 Å². The molecular formula is C22H24FN10O9PS.